The number of fused-ring (bicyclic) bond motifs is 2. The normalized spacial score (nSPS) is 11.4. The first-order chi connectivity index (χ1) is 10.6. The molecule has 8 heteroatoms. The fourth-order valence-corrected chi connectivity index (χ4v) is 3.05. The van der Waals surface area contributed by atoms with Gasteiger partial charge in [-0.2, -0.15) is 0 Å². The van der Waals surface area contributed by atoms with Crippen LogP contribution in [0.2, 0.25) is 0 Å². The zero-order valence-electron chi connectivity index (χ0n) is 11.8. The molecule has 0 atom stereocenters. The largest absolute Gasteiger partial charge is 0.365 e. The molecule has 0 aliphatic carbocycles. The maximum Gasteiger partial charge on any atom is 0.185 e. The fraction of sp³-hybridized carbons (Fsp3) is 0.143. The third-order valence-electron chi connectivity index (χ3n) is 3.25. The molecule has 4 rings (SSSR count). The van der Waals surface area contributed by atoms with Crippen LogP contribution in [0.25, 0.3) is 27.4 Å². The van der Waals surface area contributed by atoms with Crippen LogP contribution in [-0.2, 0) is 0 Å². The monoisotopic (exact) mass is 314 g/mol. The molecule has 4 heterocycles. The Bertz CT molecular complexity index is 1010. The minimum Gasteiger partial charge on any atom is -0.365 e. The number of aryl methyl sites for hydroxylation is 1. The highest BCUT2D eigenvalue weighted by Crippen LogP contribution is 2.26. The van der Waals surface area contributed by atoms with Gasteiger partial charge in [0.2, 0.25) is 0 Å². The lowest BCUT2D eigenvalue weighted by atomic mass is 10.2. The number of imidazole rings is 1. The van der Waals surface area contributed by atoms with E-state index in [1.165, 1.54) is 17.4 Å². The minimum atomic E-state index is -0.394. The molecule has 110 valence electrons. The Kier molecular flexibility index (Phi) is 2.80. The Morgan fingerprint density at radius 3 is 2.91 bits per heavy atom. The fourth-order valence-electron chi connectivity index (χ4n) is 2.28. The van der Waals surface area contributed by atoms with Crippen LogP contribution in [0, 0.1) is 12.7 Å². The van der Waals surface area contributed by atoms with Crippen LogP contribution < -0.4 is 5.32 Å². The number of thiazole rings is 1. The van der Waals surface area contributed by atoms with E-state index in [0.29, 0.717) is 17.0 Å². The third-order valence-corrected chi connectivity index (χ3v) is 4.23. The van der Waals surface area contributed by atoms with Crippen molar-refractivity contribution in [2.45, 2.75) is 6.92 Å². The zero-order valence-corrected chi connectivity index (χ0v) is 12.6. The number of hydrogen-bond donors (Lipinski definition) is 1. The summed E-state index contributed by atoms with van der Waals surface area (Å²) in [5.74, 6) is 0.0699. The molecule has 0 bridgehead atoms. The maximum atomic E-state index is 14.2. The van der Waals surface area contributed by atoms with Crippen LogP contribution in [0.15, 0.2) is 24.7 Å². The average molecular weight is 314 g/mol. The van der Waals surface area contributed by atoms with Gasteiger partial charge in [0.15, 0.2) is 22.4 Å². The topological polar surface area (TPSA) is 68.0 Å². The number of rotatable bonds is 2. The molecule has 0 radical (unpaired) electrons. The van der Waals surface area contributed by atoms with Crippen molar-refractivity contribution in [2.24, 2.45) is 0 Å². The van der Waals surface area contributed by atoms with E-state index in [1.807, 2.05) is 6.92 Å². The molecule has 0 spiro atoms. The Labute approximate surface area is 128 Å². The van der Waals surface area contributed by atoms with Crippen molar-refractivity contribution in [1.29, 1.82) is 0 Å². The van der Waals surface area contributed by atoms with Gasteiger partial charge in [-0.3, -0.25) is 0 Å². The third kappa shape index (κ3) is 2.00. The van der Waals surface area contributed by atoms with E-state index in [1.54, 1.807) is 30.0 Å². The Morgan fingerprint density at radius 2 is 2.09 bits per heavy atom. The summed E-state index contributed by atoms with van der Waals surface area (Å²) >= 11 is 1.43. The molecular formula is C14H11FN6S. The summed E-state index contributed by atoms with van der Waals surface area (Å²) in [5.41, 5.74) is 2.38. The van der Waals surface area contributed by atoms with Gasteiger partial charge in [-0.15, -0.1) is 0 Å². The number of aromatic nitrogens is 5. The van der Waals surface area contributed by atoms with Gasteiger partial charge in [0.1, 0.15) is 10.3 Å². The number of pyridine rings is 1. The smallest absolute Gasteiger partial charge is 0.185 e. The van der Waals surface area contributed by atoms with E-state index < -0.39 is 5.82 Å². The van der Waals surface area contributed by atoms with Gasteiger partial charge in [-0.05, 0) is 13.0 Å². The zero-order chi connectivity index (χ0) is 15.3. The SMILES string of the molecule is CNc1nc2cnc(-c3cc(F)c4nc(C)cn4c3)nc2s1. The molecule has 0 saturated heterocycles. The van der Waals surface area contributed by atoms with Crippen LogP contribution in [0.3, 0.4) is 0 Å². The molecule has 4 aromatic rings. The second-order valence-electron chi connectivity index (χ2n) is 4.84. The highest BCUT2D eigenvalue weighted by atomic mass is 32.1. The highest BCUT2D eigenvalue weighted by Gasteiger charge is 2.12. The van der Waals surface area contributed by atoms with Gasteiger partial charge < -0.3 is 9.72 Å². The molecule has 0 amide bonds. The summed E-state index contributed by atoms with van der Waals surface area (Å²) in [6, 6.07) is 1.41. The molecule has 4 aromatic heterocycles. The summed E-state index contributed by atoms with van der Waals surface area (Å²) in [7, 11) is 1.80. The first-order valence-electron chi connectivity index (χ1n) is 6.60. The standard InChI is InChI=1S/C14H11FN6S/c1-7-5-21-6-8(3-9(15)12(21)18-7)11-17-4-10-13(20-11)22-14(16-2)19-10/h3-6H,1-2H3,(H,16,19). The van der Waals surface area contributed by atoms with Crippen molar-refractivity contribution in [3.63, 3.8) is 0 Å². The van der Waals surface area contributed by atoms with E-state index in [4.69, 9.17) is 0 Å². The maximum absolute atomic E-state index is 14.2. The number of anilines is 1. The van der Waals surface area contributed by atoms with Crippen molar-refractivity contribution in [2.75, 3.05) is 12.4 Å². The number of nitrogens with one attached hydrogen (secondary N) is 1. The first kappa shape index (κ1) is 13.1. The lowest BCUT2D eigenvalue weighted by molar-refractivity contribution is 0.630. The molecular weight excluding hydrogens is 303 g/mol. The summed E-state index contributed by atoms with van der Waals surface area (Å²) in [4.78, 5) is 18.0. The lowest BCUT2D eigenvalue weighted by Crippen LogP contribution is -1.94. The number of halogens is 1. The van der Waals surface area contributed by atoms with Crippen LogP contribution in [0.5, 0.6) is 0 Å². The average Bonchev–Trinajstić information content (AvgIpc) is 3.08. The first-order valence-corrected chi connectivity index (χ1v) is 7.42. The summed E-state index contributed by atoms with van der Waals surface area (Å²) < 4.78 is 15.8. The predicted octanol–water partition coefficient (Wildman–Crippen LogP) is 2.89. The Morgan fingerprint density at radius 1 is 1.23 bits per heavy atom. The molecule has 6 nitrogen and oxygen atoms in total. The molecule has 0 unspecified atom stereocenters. The molecule has 0 fully saturated rings. The van der Waals surface area contributed by atoms with Crippen molar-refractivity contribution >= 4 is 32.5 Å². The second-order valence-corrected chi connectivity index (χ2v) is 5.82. The molecule has 0 aliphatic heterocycles. The van der Waals surface area contributed by atoms with Crippen molar-refractivity contribution < 1.29 is 4.39 Å². The van der Waals surface area contributed by atoms with Crippen LogP contribution in [0.1, 0.15) is 5.69 Å². The van der Waals surface area contributed by atoms with Crippen LogP contribution >= 0.6 is 11.3 Å². The number of hydrogen-bond acceptors (Lipinski definition) is 6. The van der Waals surface area contributed by atoms with Crippen molar-refractivity contribution in [3.8, 4) is 11.4 Å². The summed E-state index contributed by atoms with van der Waals surface area (Å²) in [6.07, 6.45) is 5.20. The summed E-state index contributed by atoms with van der Waals surface area (Å²) in [6.45, 7) is 1.82. The van der Waals surface area contributed by atoms with Crippen LogP contribution in [0.4, 0.5) is 9.52 Å². The van der Waals surface area contributed by atoms with Gasteiger partial charge in [0, 0.05) is 25.0 Å². The molecule has 1 N–H and O–H groups in total. The van der Waals surface area contributed by atoms with E-state index in [2.05, 4.69) is 25.3 Å². The quantitative estimate of drug-likeness (QED) is 0.616. The predicted molar refractivity (Wildman–Crippen MR) is 83.6 cm³/mol. The van der Waals surface area contributed by atoms with Gasteiger partial charge >= 0.3 is 0 Å². The molecule has 22 heavy (non-hydrogen) atoms. The number of nitrogens with zero attached hydrogens (tertiary/aromatic N) is 5. The van der Waals surface area contributed by atoms with Crippen molar-refractivity contribution in [1.82, 2.24) is 24.3 Å². The lowest BCUT2D eigenvalue weighted by Gasteiger charge is -2.02. The molecule has 0 aliphatic rings. The Balaban J connectivity index is 1.90. The van der Waals surface area contributed by atoms with E-state index in [-0.39, 0.29) is 0 Å². The summed E-state index contributed by atoms with van der Waals surface area (Å²) in [5, 5.41) is 3.75. The second kappa shape index (κ2) is 4.70. The molecule has 0 aromatic carbocycles. The van der Waals surface area contributed by atoms with Gasteiger partial charge in [-0.25, -0.2) is 24.3 Å². The van der Waals surface area contributed by atoms with Crippen LogP contribution in [-0.4, -0.2) is 31.4 Å². The Hall–Kier alpha value is -2.61. The van der Waals surface area contributed by atoms with Gasteiger partial charge in [-0.1, -0.05) is 11.3 Å². The highest BCUT2D eigenvalue weighted by molar-refractivity contribution is 7.21. The molecule has 0 saturated carbocycles. The van der Waals surface area contributed by atoms with E-state index >= 15 is 0 Å². The van der Waals surface area contributed by atoms with E-state index in [9.17, 15) is 4.39 Å². The van der Waals surface area contributed by atoms with E-state index in [0.717, 1.165) is 21.2 Å². The minimum absolute atomic E-state index is 0.303. The van der Waals surface area contributed by atoms with Gasteiger partial charge in [0.25, 0.3) is 0 Å². The van der Waals surface area contributed by atoms with Gasteiger partial charge in [0.05, 0.1) is 11.9 Å². The van der Waals surface area contributed by atoms with Crippen molar-refractivity contribution in [3.05, 3.63) is 36.2 Å².